The van der Waals surface area contributed by atoms with E-state index in [2.05, 4.69) is 40.6 Å². The zero-order valence-corrected chi connectivity index (χ0v) is 9.07. The Morgan fingerprint density at radius 3 is 2.56 bits per heavy atom. The monoisotopic (exact) mass is 208 g/mol. The Morgan fingerprint density at radius 1 is 0.875 bits per heavy atom. The van der Waals surface area contributed by atoms with Crippen molar-refractivity contribution in [1.29, 1.82) is 0 Å². The lowest BCUT2D eigenvalue weighted by Crippen LogP contribution is -1.90. The molecule has 0 atom stereocenters. The number of pyridine rings is 1. The largest absolute Gasteiger partial charge is 0.388 e. The zero-order valence-electron chi connectivity index (χ0n) is 9.07. The van der Waals surface area contributed by atoms with E-state index in [1.807, 2.05) is 25.4 Å². The molecule has 2 nitrogen and oxygen atoms in total. The van der Waals surface area contributed by atoms with E-state index in [-0.39, 0.29) is 0 Å². The molecular formula is C14H12N2. The van der Waals surface area contributed by atoms with Gasteiger partial charge in [0, 0.05) is 29.7 Å². The SMILES string of the molecule is CNc1cccc2c1cnc1ccccc12. The molecule has 0 aliphatic carbocycles. The lowest BCUT2D eigenvalue weighted by atomic mass is 10.1. The number of anilines is 1. The zero-order chi connectivity index (χ0) is 11.0. The molecular weight excluding hydrogens is 196 g/mol. The second-order valence-corrected chi connectivity index (χ2v) is 3.79. The van der Waals surface area contributed by atoms with Gasteiger partial charge in [-0.15, -0.1) is 0 Å². The van der Waals surface area contributed by atoms with Crippen LogP contribution in [0.25, 0.3) is 21.7 Å². The molecule has 0 unspecified atom stereocenters. The molecule has 3 aromatic rings. The van der Waals surface area contributed by atoms with Gasteiger partial charge in [0.1, 0.15) is 0 Å². The molecule has 0 saturated carbocycles. The van der Waals surface area contributed by atoms with E-state index in [0.717, 1.165) is 11.2 Å². The summed E-state index contributed by atoms with van der Waals surface area (Å²) in [6.45, 7) is 0. The molecule has 1 N–H and O–H groups in total. The van der Waals surface area contributed by atoms with Gasteiger partial charge in [-0.3, -0.25) is 4.98 Å². The molecule has 3 rings (SSSR count). The highest BCUT2D eigenvalue weighted by Gasteiger charge is 2.03. The van der Waals surface area contributed by atoms with Crippen molar-refractivity contribution in [2.45, 2.75) is 0 Å². The lowest BCUT2D eigenvalue weighted by molar-refractivity contribution is 1.43. The van der Waals surface area contributed by atoms with Crippen molar-refractivity contribution >= 4 is 27.4 Å². The summed E-state index contributed by atoms with van der Waals surface area (Å²) in [6.07, 6.45) is 1.93. The van der Waals surface area contributed by atoms with E-state index in [1.165, 1.54) is 16.2 Å². The highest BCUT2D eigenvalue weighted by molar-refractivity contribution is 6.09. The topological polar surface area (TPSA) is 24.9 Å². The number of rotatable bonds is 1. The molecule has 0 aliphatic rings. The van der Waals surface area contributed by atoms with Gasteiger partial charge in [0.05, 0.1) is 5.52 Å². The minimum atomic E-state index is 1.04. The smallest absolute Gasteiger partial charge is 0.0708 e. The van der Waals surface area contributed by atoms with E-state index in [4.69, 9.17) is 0 Å². The summed E-state index contributed by atoms with van der Waals surface area (Å²) in [6, 6.07) is 14.5. The summed E-state index contributed by atoms with van der Waals surface area (Å²) in [5, 5.41) is 6.82. The summed E-state index contributed by atoms with van der Waals surface area (Å²) < 4.78 is 0. The summed E-state index contributed by atoms with van der Waals surface area (Å²) in [4.78, 5) is 4.48. The number of aromatic nitrogens is 1. The number of fused-ring (bicyclic) bond motifs is 3. The normalized spacial score (nSPS) is 10.8. The Kier molecular flexibility index (Phi) is 2.00. The van der Waals surface area contributed by atoms with Crippen LogP contribution in [0.15, 0.2) is 48.7 Å². The molecule has 0 saturated heterocycles. The van der Waals surface area contributed by atoms with Gasteiger partial charge in [-0.2, -0.15) is 0 Å². The Morgan fingerprint density at radius 2 is 1.69 bits per heavy atom. The fourth-order valence-corrected chi connectivity index (χ4v) is 2.11. The maximum absolute atomic E-state index is 4.48. The van der Waals surface area contributed by atoms with Gasteiger partial charge < -0.3 is 5.32 Å². The maximum atomic E-state index is 4.48. The predicted molar refractivity (Wildman–Crippen MR) is 68.8 cm³/mol. The molecule has 1 heterocycles. The first-order chi connectivity index (χ1) is 7.90. The molecule has 2 heteroatoms. The van der Waals surface area contributed by atoms with Crippen LogP contribution in [0.5, 0.6) is 0 Å². The third-order valence-electron chi connectivity index (χ3n) is 2.90. The third-order valence-corrected chi connectivity index (χ3v) is 2.90. The Balaban J connectivity index is 2.52. The molecule has 0 amide bonds. The highest BCUT2D eigenvalue weighted by Crippen LogP contribution is 2.28. The van der Waals surface area contributed by atoms with Crippen LogP contribution >= 0.6 is 0 Å². The Labute approximate surface area is 93.9 Å². The quantitative estimate of drug-likeness (QED) is 0.620. The second-order valence-electron chi connectivity index (χ2n) is 3.79. The van der Waals surface area contributed by atoms with Crippen LogP contribution in [0, 0.1) is 0 Å². The van der Waals surface area contributed by atoms with Crippen LogP contribution in [0.3, 0.4) is 0 Å². The van der Waals surface area contributed by atoms with E-state index < -0.39 is 0 Å². The van der Waals surface area contributed by atoms with E-state index >= 15 is 0 Å². The van der Waals surface area contributed by atoms with Crippen molar-refractivity contribution in [3.63, 3.8) is 0 Å². The fraction of sp³-hybridized carbons (Fsp3) is 0.0714. The van der Waals surface area contributed by atoms with Gasteiger partial charge in [0.2, 0.25) is 0 Å². The first-order valence-electron chi connectivity index (χ1n) is 5.34. The fourth-order valence-electron chi connectivity index (χ4n) is 2.11. The summed E-state index contributed by atoms with van der Waals surface area (Å²) >= 11 is 0. The van der Waals surface area contributed by atoms with Crippen molar-refractivity contribution < 1.29 is 0 Å². The molecule has 0 aliphatic heterocycles. The Bertz CT molecular complexity index is 659. The summed E-state index contributed by atoms with van der Waals surface area (Å²) in [5.74, 6) is 0. The number of nitrogens with one attached hydrogen (secondary N) is 1. The predicted octanol–water partition coefficient (Wildman–Crippen LogP) is 3.43. The van der Waals surface area contributed by atoms with Gasteiger partial charge in [-0.25, -0.2) is 0 Å². The number of para-hydroxylation sites is 1. The molecule has 0 spiro atoms. The van der Waals surface area contributed by atoms with E-state index in [0.29, 0.717) is 0 Å². The molecule has 0 bridgehead atoms. The molecule has 0 radical (unpaired) electrons. The van der Waals surface area contributed by atoms with Crippen LogP contribution < -0.4 is 5.32 Å². The number of nitrogens with zero attached hydrogens (tertiary/aromatic N) is 1. The highest BCUT2D eigenvalue weighted by atomic mass is 14.8. The number of benzene rings is 2. The van der Waals surface area contributed by atoms with Gasteiger partial charge in [-0.05, 0) is 17.5 Å². The molecule has 2 aromatic carbocycles. The summed E-state index contributed by atoms with van der Waals surface area (Å²) in [7, 11) is 1.93. The van der Waals surface area contributed by atoms with Crippen molar-refractivity contribution in [2.24, 2.45) is 0 Å². The van der Waals surface area contributed by atoms with Crippen LogP contribution in [-0.4, -0.2) is 12.0 Å². The minimum absolute atomic E-state index is 1.04. The standard InChI is InChI=1S/C14H12N2/c1-15-13-8-4-6-10-11-5-2-3-7-14(11)16-9-12(10)13/h2-9,15H,1H3. The van der Waals surface area contributed by atoms with Gasteiger partial charge in [-0.1, -0.05) is 30.3 Å². The second kappa shape index (κ2) is 3.49. The average molecular weight is 208 g/mol. The number of hydrogen-bond donors (Lipinski definition) is 1. The third kappa shape index (κ3) is 1.23. The Hall–Kier alpha value is -2.09. The summed E-state index contributed by atoms with van der Waals surface area (Å²) in [5.41, 5.74) is 2.17. The van der Waals surface area contributed by atoms with Gasteiger partial charge >= 0.3 is 0 Å². The van der Waals surface area contributed by atoms with Gasteiger partial charge in [0.25, 0.3) is 0 Å². The van der Waals surface area contributed by atoms with Crippen molar-refractivity contribution in [2.75, 3.05) is 12.4 Å². The maximum Gasteiger partial charge on any atom is 0.0708 e. The first kappa shape index (κ1) is 9.16. The van der Waals surface area contributed by atoms with Crippen molar-refractivity contribution in [3.05, 3.63) is 48.7 Å². The van der Waals surface area contributed by atoms with Gasteiger partial charge in [0.15, 0.2) is 0 Å². The molecule has 78 valence electrons. The van der Waals surface area contributed by atoms with E-state index in [1.54, 1.807) is 0 Å². The molecule has 16 heavy (non-hydrogen) atoms. The minimum Gasteiger partial charge on any atom is -0.388 e. The average Bonchev–Trinajstić information content (AvgIpc) is 2.37. The van der Waals surface area contributed by atoms with Crippen LogP contribution in [0.1, 0.15) is 0 Å². The first-order valence-corrected chi connectivity index (χ1v) is 5.34. The van der Waals surface area contributed by atoms with Crippen LogP contribution in [0.2, 0.25) is 0 Å². The van der Waals surface area contributed by atoms with E-state index in [9.17, 15) is 0 Å². The molecule has 1 aromatic heterocycles. The van der Waals surface area contributed by atoms with Crippen molar-refractivity contribution in [1.82, 2.24) is 4.98 Å². The number of hydrogen-bond acceptors (Lipinski definition) is 2. The molecule has 0 fully saturated rings. The van der Waals surface area contributed by atoms with Crippen molar-refractivity contribution in [3.8, 4) is 0 Å². The lowest BCUT2D eigenvalue weighted by Gasteiger charge is -2.07. The van der Waals surface area contributed by atoms with Crippen LogP contribution in [-0.2, 0) is 0 Å². The van der Waals surface area contributed by atoms with Crippen LogP contribution in [0.4, 0.5) is 5.69 Å².